The summed E-state index contributed by atoms with van der Waals surface area (Å²) in [4.78, 5) is 0. The second-order valence-electron chi connectivity index (χ2n) is 4.69. The third kappa shape index (κ3) is 2.98. The SMILES string of the molecule is CNCC(C)C(C)Cc1c(Cl)c(C)nn1C. The molecular weight excluding hydrogens is 222 g/mol. The zero-order chi connectivity index (χ0) is 12.3. The van der Waals surface area contributed by atoms with Crippen LogP contribution in [0.3, 0.4) is 0 Å². The molecule has 0 aliphatic heterocycles. The summed E-state index contributed by atoms with van der Waals surface area (Å²) in [6.45, 7) is 7.52. The molecule has 1 rings (SSSR count). The largest absolute Gasteiger partial charge is 0.319 e. The van der Waals surface area contributed by atoms with Gasteiger partial charge in [0.25, 0.3) is 0 Å². The van der Waals surface area contributed by atoms with E-state index in [9.17, 15) is 0 Å². The van der Waals surface area contributed by atoms with E-state index in [1.165, 1.54) is 0 Å². The first kappa shape index (κ1) is 13.5. The molecule has 1 aromatic rings. The zero-order valence-electron chi connectivity index (χ0n) is 10.8. The molecule has 0 aliphatic rings. The van der Waals surface area contributed by atoms with Gasteiger partial charge in [-0.25, -0.2) is 0 Å². The maximum atomic E-state index is 6.24. The number of halogens is 1. The quantitative estimate of drug-likeness (QED) is 0.861. The molecule has 1 N–H and O–H groups in total. The maximum Gasteiger partial charge on any atom is 0.0847 e. The molecule has 1 aromatic heterocycles. The Morgan fingerprint density at radius 1 is 1.38 bits per heavy atom. The Morgan fingerprint density at radius 2 is 2.00 bits per heavy atom. The van der Waals surface area contributed by atoms with Crippen LogP contribution in [0.5, 0.6) is 0 Å². The number of nitrogens with one attached hydrogen (secondary N) is 1. The number of rotatable bonds is 5. The van der Waals surface area contributed by atoms with Crippen molar-refractivity contribution < 1.29 is 0 Å². The zero-order valence-corrected chi connectivity index (χ0v) is 11.6. The Kier molecular flexibility index (Phi) is 4.81. The molecule has 4 heteroatoms. The average Bonchev–Trinajstić information content (AvgIpc) is 2.45. The van der Waals surface area contributed by atoms with Gasteiger partial charge in [-0.15, -0.1) is 0 Å². The summed E-state index contributed by atoms with van der Waals surface area (Å²) in [7, 11) is 3.95. The van der Waals surface area contributed by atoms with E-state index in [0.29, 0.717) is 11.8 Å². The molecule has 0 fully saturated rings. The van der Waals surface area contributed by atoms with E-state index in [4.69, 9.17) is 11.6 Å². The van der Waals surface area contributed by atoms with Crippen LogP contribution in [0.1, 0.15) is 25.2 Å². The fourth-order valence-corrected chi connectivity index (χ4v) is 2.17. The van der Waals surface area contributed by atoms with Crippen LogP contribution < -0.4 is 5.32 Å². The highest BCUT2D eigenvalue weighted by molar-refractivity contribution is 6.31. The van der Waals surface area contributed by atoms with Crippen molar-refractivity contribution in [2.24, 2.45) is 18.9 Å². The van der Waals surface area contributed by atoms with Crippen molar-refractivity contribution >= 4 is 11.6 Å². The van der Waals surface area contributed by atoms with Crippen molar-refractivity contribution in [3.8, 4) is 0 Å². The summed E-state index contributed by atoms with van der Waals surface area (Å²) < 4.78 is 1.90. The summed E-state index contributed by atoms with van der Waals surface area (Å²) in [5, 5.41) is 8.38. The molecule has 0 bridgehead atoms. The lowest BCUT2D eigenvalue weighted by molar-refractivity contribution is 0.368. The Hall–Kier alpha value is -0.540. The van der Waals surface area contributed by atoms with Crippen molar-refractivity contribution in [2.45, 2.75) is 27.2 Å². The molecule has 2 unspecified atom stereocenters. The molecule has 0 amide bonds. The topological polar surface area (TPSA) is 29.9 Å². The Balaban J connectivity index is 2.72. The first-order chi connectivity index (χ1) is 7.47. The predicted molar refractivity (Wildman–Crippen MR) is 68.9 cm³/mol. The molecule has 0 saturated carbocycles. The van der Waals surface area contributed by atoms with Crippen LogP contribution in [0.15, 0.2) is 0 Å². The van der Waals surface area contributed by atoms with Crippen LogP contribution in [0, 0.1) is 18.8 Å². The maximum absolute atomic E-state index is 6.24. The fraction of sp³-hybridized carbons (Fsp3) is 0.750. The molecule has 16 heavy (non-hydrogen) atoms. The average molecular weight is 244 g/mol. The molecule has 0 radical (unpaired) electrons. The number of hydrogen-bond acceptors (Lipinski definition) is 2. The minimum Gasteiger partial charge on any atom is -0.319 e. The van der Waals surface area contributed by atoms with Crippen molar-refractivity contribution in [2.75, 3.05) is 13.6 Å². The van der Waals surface area contributed by atoms with Crippen molar-refractivity contribution in [3.05, 3.63) is 16.4 Å². The second kappa shape index (κ2) is 5.69. The molecule has 2 atom stereocenters. The Labute approximate surface area is 103 Å². The van der Waals surface area contributed by atoms with Gasteiger partial charge in [0.05, 0.1) is 16.4 Å². The summed E-state index contributed by atoms with van der Waals surface area (Å²) in [6.07, 6.45) is 0.985. The molecule has 0 spiro atoms. The van der Waals surface area contributed by atoms with Crippen molar-refractivity contribution in [1.82, 2.24) is 15.1 Å². The third-order valence-corrected chi connectivity index (χ3v) is 3.77. The molecule has 0 aliphatic carbocycles. The van der Waals surface area contributed by atoms with E-state index in [1.807, 2.05) is 25.7 Å². The summed E-state index contributed by atoms with van der Waals surface area (Å²) in [5.74, 6) is 1.23. The van der Waals surface area contributed by atoms with E-state index in [-0.39, 0.29) is 0 Å². The lowest BCUT2D eigenvalue weighted by Gasteiger charge is -2.19. The van der Waals surface area contributed by atoms with Crippen molar-refractivity contribution in [3.63, 3.8) is 0 Å². The molecule has 0 aromatic carbocycles. The summed E-state index contributed by atoms with van der Waals surface area (Å²) >= 11 is 6.24. The number of aryl methyl sites for hydroxylation is 2. The van der Waals surface area contributed by atoms with Crippen LogP contribution in [0.4, 0.5) is 0 Å². The number of hydrogen-bond donors (Lipinski definition) is 1. The van der Waals surface area contributed by atoms with Gasteiger partial charge in [0, 0.05) is 7.05 Å². The lowest BCUT2D eigenvalue weighted by atomic mass is 9.91. The third-order valence-electron chi connectivity index (χ3n) is 3.27. The molecule has 3 nitrogen and oxygen atoms in total. The molecule has 1 heterocycles. The monoisotopic (exact) mass is 243 g/mol. The van der Waals surface area contributed by atoms with E-state index in [1.54, 1.807) is 0 Å². The van der Waals surface area contributed by atoms with E-state index in [2.05, 4.69) is 24.3 Å². The van der Waals surface area contributed by atoms with Crippen LogP contribution in [0.2, 0.25) is 5.02 Å². The van der Waals surface area contributed by atoms with Gasteiger partial charge in [0.2, 0.25) is 0 Å². The van der Waals surface area contributed by atoms with Gasteiger partial charge < -0.3 is 5.32 Å². The molecule has 92 valence electrons. The highest BCUT2D eigenvalue weighted by Gasteiger charge is 2.17. The van der Waals surface area contributed by atoms with Gasteiger partial charge in [-0.05, 0) is 38.8 Å². The number of aromatic nitrogens is 2. The first-order valence-corrected chi connectivity index (χ1v) is 6.17. The molecule has 0 saturated heterocycles. The summed E-state index contributed by atoms with van der Waals surface area (Å²) in [6, 6.07) is 0. The van der Waals surface area contributed by atoms with E-state index in [0.717, 1.165) is 29.4 Å². The second-order valence-corrected chi connectivity index (χ2v) is 5.06. The minimum absolute atomic E-state index is 0.597. The summed E-state index contributed by atoms with van der Waals surface area (Å²) in [5.41, 5.74) is 2.07. The molecular formula is C12H22ClN3. The lowest BCUT2D eigenvalue weighted by Crippen LogP contribution is -2.23. The first-order valence-electron chi connectivity index (χ1n) is 5.80. The normalized spacial score (nSPS) is 15.1. The van der Waals surface area contributed by atoms with Crippen LogP contribution in [0.25, 0.3) is 0 Å². The van der Waals surface area contributed by atoms with Gasteiger partial charge in [-0.2, -0.15) is 5.10 Å². The van der Waals surface area contributed by atoms with Gasteiger partial charge in [-0.3, -0.25) is 4.68 Å². The Morgan fingerprint density at radius 3 is 2.44 bits per heavy atom. The highest BCUT2D eigenvalue weighted by atomic mass is 35.5. The van der Waals surface area contributed by atoms with Gasteiger partial charge in [0.1, 0.15) is 0 Å². The van der Waals surface area contributed by atoms with E-state index >= 15 is 0 Å². The predicted octanol–water partition coefficient (Wildman–Crippen LogP) is 2.42. The van der Waals surface area contributed by atoms with Crippen molar-refractivity contribution in [1.29, 1.82) is 0 Å². The minimum atomic E-state index is 0.597. The van der Waals surface area contributed by atoms with Gasteiger partial charge in [0.15, 0.2) is 0 Å². The van der Waals surface area contributed by atoms with Crippen LogP contribution >= 0.6 is 11.6 Å². The smallest absolute Gasteiger partial charge is 0.0847 e. The van der Waals surface area contributed by atoms with E-state index < -0.39 is 0 Å². The number of nitrogens with zero attached hydrogens (tertiary/aromatic N) is 2. The van der Waals surface area contributed by atoms with Crippen LogP contribution in [-0.4, -0.2) is 23.4 Å². The van der Waals surface area contributed by atoms with Gasteiger partial charge in [-0.1, -0.05) is 25.4 Å². The highest BCUT2D eigenvalue weighted by Crippen LogP contribution is 2.24. The van der Waals surface area contributed by atoms with Gasteiger partial charge >= 0.3 is 0 Å². The van der Waals surface area contributed by atoms with Crippen LogP contribution in [-0.2, 0) is 13.5 Å². The Bertz CT molecular complexity index is 346. The standard InChI is InChI=1S/C12H22ClN3/c1-8(9(2)7-14-4)6-11-12(13)10(3)15-16(11)5/h8-9,14H,6-7H2,1-5H3. The fourth-order valence-electron chi connectivity index (χ4n) is 1.93.